The smallest absolute Gasteiger partial charge is 0.463 e. The second-order valence-corrected chi connectivity index (χ2v) is 23.3. The zero-order chi connectivity index (χ0) is 61.0. The predicted octanol–water partition coefficient (Wildman–Crippen LogP) is 16.5. The molecule has 0 aromatic carbocycles. The topological polar surface area (TPSA) is 231 Å². The molecule has 476 valence electrons. The molecule has 0 fully saturated rings. The first-order chi connectivity index (χ1) is 40.2. The van der Waals surface area contributed by atoms with Gasteiger partial charge in [0.05, 0.1) is 26.4 Å². The molecule has 0 saturated heterocycles. The molecule has 0 aromatic heterocycles. The van der Waals surface area contributed by atoms with E-state index in [0.29, 0.717) is 19.3 Å². The second-order valence-electron chi connectivity index (χ2n) is 20.4. The van der Waals surface area contributed by atoms with Crippen molar-refractivity contribution in [1.29, 1.82) is 0 Å². The van der Waals surface area contributed by atoms with E-state index < -0.39 is 91.5 Å². The Balaban J connectivity index is 4.62. The highest BCUT2D eigenvalue weighted by Crippen LogP contribution is 2.45. The van der Waals surface area contributed by atoms with E-state index in [2.05, 4.69) is 130 Å². The van der Waals surface area contributed by atoms with Crippen LogP contribution in [0, 0.1) is 0 Å². The zero-order valence-corrected chi connectivity index (χ0v) is 52.9. The maximum absolute atomic E-state index is 12.8. The molecule has 0 radical (unpaired) electrons. The Morgan fingerprint density at radius 1 is 0.349 bits per heavy atom. The molecule has 0 aliphatic heterocycles. The van der Waals surface area contributed by atoms with E-state index in [1.54, 1.807) is 0 Å². The summed E-state index contributed by atoms with van der Waals surface area (Å²) < 4.78 is 60.6. The third-order valence-corrected chi connectivity index (χ3v) is 14.4. The van der Waals surface area contributed by atoms with Gasteiger partial charge in [0.15, 0.2) is 6.10 Å². The first-order valence-corrected chi connectivity index (χ1v) is 34.2. The highest BCUT2D eigenvalue weighted by atomic mass is 31.2. The number of ether oxygens (including phenoxy) is 3. The van der Waals surface area contributed by atoms with E-state index in [1.165, 1.54) is 12.8 Å². The van der Waals surface area contributed by atoms with Crippen molar-refractivity contribution in [3.63, 3.8) is 0 Å². The molecule has 0 rings (SSSR count). The average molecular weight is 1210 g/mol. The van der Waals surface area contributed by atoms with Crippen LogP contribution in [0.4, 0.5) is 0 Å². The average Bonchev–Trinajstić information content (AvgIpc) is 3.46. The molecule has 4 N–H and O–H groups in total. The SMILES string of the molecule is CC/C=C\C/C=C\C/C=C\C/C=C\C/C=C\CCCCCCCC(=O)OCC(O)COP(=O)(O)OCC(O)COP(=O)(O)OCC(COC(=O)CCCCCCC/C=C\C/C=C\C/C=C\CC)OC(=O)CCCCCCC/C=C\CCCC. The Hall–Kier alpha value is -3.79. The van der Waals surface area contributed by atoms with Gasteiger partial charge in [-0.2, -0.15) is 0 Å². The normalized spacial score (nSPS) is 15.1. The molecule has 0 aliphatic rings. The first-order valence-electron chi connectivity index (χ1n) is 31.2. The fourth-order valence-electron chi connectivity index (χ4n) is 7.71. The van der Waals surface area contributed by atoms with E-state index in [0.717, 1.165) is 154 Å². The van der Waals surface area contributed by atoms with Crippen LogP contribution in [0.1, 0.15) is 226 Å². The molecule has 0 saturated carbocycles. The molecule has 5 unspecified atom stereocenters. The summed E-state index contributed by atoms with van der Waals surface area (Å²) in [6, 6.07) is 0. The standard InChI is InChI=1S/C65H110O16P2/c1-4-7-10-13-16-19-22-24-26-27-28-29-30-31-33-35-37-39-42-45-48-51-63(68)75-54-60(66)55-77-82(71,72)78-56-61(67)57-79-83(73,74)80-59-62(81-65(70)53-50-47-44-41-36-21-18-15-12-9-6-3)58-76-64(69)52-49-46-43-40-38-34-32-25-23-20-17-14-11-8-5-2/h7-8,10-11,15-20,24-26,28-29,31-33,60-62,66-67H,4-6,9,12-14,21-23,27,30,34-59H2,1-3H3,(H,71,72)(H,73,74)/b10-7-,11-8-,18-15-,19-16-,20-17-,26-24-,29-28-,32-25-,33-31-. The number of hydrogen-bond acceptors (Lipinski definition) is 14. The molecule has 0 spiro atoms. The molecule has 0 aliphatic carbocycles. The molecule has 0 heterocycles. The highest BCUT2D eigenvalue weighted by molar-refractivity contribution is 7.47. The van der Waals surface area contributed by atoms with Gasteiger partial charge in [0.2, 0.25) is 0 Å². The fourth-order valence-corrected chi connectivity index (χ4v) is 9.29. The summed E-state index contributed by atoms with van der Waals surface area (Å²) in [6.07, 6.45) is 63.0. The molecule has 0 aromatic rings. The minimum absolute atomic E-state index is 0.0878. The van der Waals surface area contributed by atoms with E-state index >= 15 is 0 Å². The third kappa shape index (κ3) is 59.7. The van der Waals surface area contributed by atoms with Gasteiger partial charge in [-0.3, -0.25) is 32.5 Å². The van der Waals surface area contributed by atoms with Crippen LogP contribution in [0.2, 0.25) is 0 Å². The Bertz CT molecular complexity index is 1960. The van der Waals surface area contributed by atoms with Gasteiger partial charge in [0, 0.05) is 19.3 Å². The molecule has 0 bridgehead atoms. The number of hydrogen-bond donors (Lipinski definition) is 4. The lowest BCUT2D eigenvalue weighted by atomic mass is 10.1. The second kappa shape index (κ2) is 58.6. The molecule has 18 heteroatoms. The number of aliphatic hydroxyl groups excluding tert-OH is 2. The molecule has 5 atom stereocenters. The van der Waals surface area contributed by atoms with Crippen LogP contribution < -0.4 is 0 Å². The summed E-state index contributed by atoms with van der Waals surface area (Å²) in [5, 5.41) is 20.5. The monoisotopic (exact) mass is 1210 g/mol. The molecular weight excluding hydrogens is 1100 g/mol. The van der Waals surface area contributed by atoms with Crippen molar-refractivity contribution in [3.8, 4) is 0 Å². The number of allylic oxidation sites excluding steroid dienone is 18. The number of carbonyl (C=O) groups excluding carboxylic acids is 3. The van der Waals surface area contributed by atoms with Crippen LogP contribution >= 0.6 is 15.6 Å². The number of aliphatic hydroxyl groups is 2. The van der Waals surface area contributed by atoms with Gasteiger partial charge in [-0.05, 0) is 116 Å². The van der Waals surface area contributed by atoms with E-state index in [1.807, 2.05) is 0 Å². The van der Waals surface area contributed by atoms with Crippen molar-refractivity contribution in [3.05, 3.63) is 109 Å². The molecule has 0 amide bonds. The van der Waals surface area contributed by atoms with Gasteiger partial charge in [-0.1, -0.05) is 201 Å². The summed E-state index contributed by atoms with van der Waals surface area (Å²) in [5.41, 5.74) is 0. The van der Waals surface area contributed by atoms with Gasteiger partial charge in [0.1, 0.15) is 25.4 Å². The lowest BCUT2D eigenvalue weighted by molar-refractivity contribution is -0.161. The van der Waals surface area contributed by atoms with Crippen LogP contribution in [-0.4, -0.2) is 95.9 Å². The maximum atomic E-state index is 12.8. The van der Waals surface area contributed by atoms with Crippen LogP contribution in [0.25, 0.3) is 0 Å². The number of phosphoric acid groups is 2. The van der Waals surface area contributed by atoms with Crippen molar-refractivity contribution in [2.75, 3.05) is 39.6 Å². The van der Waals surface area contributed by atoms with Crippen molar-refractivity contribution >= 4 is 33.6 Å². The Labute approximate surface area is 500 Å². The predicted molar refractivity (Wildman–Crippen MR) is 334 cm³/mol. The number of carbonyl (C=O) groups is 3. The third-order valence-electron chi connectivity index (χ3n) is 12.5. The van der Waals surface area contributed by atoms with Crippen LogP contribution in [0.15, 0.2) is 109 Å². The van der Waals surface area contributed by atoms with Crippen LogP contribution in [0.3, 0.4) is 0 Å². The van der Waals surface area contributed by atoms with Crippen molar-refractivity contribution in [1.82, 2.24) is 0 Å². The summed E-state index contributed by atoms with van der Waals surface area (Å²) in [5.74, 6) is -1.63. The number of unbranched alkanes of at least 4 members (excludes halogenated alkanes) is 17. The van der Waals surface area contributed by atoms with Crippen LogP contribution in [-0.2, 0) is 55.8 Å². The fraction of sp³-hybridized carbons (Fsp3) is 0.677. The Morgan fingerprint density at radius 2 is 0.639 bits per heavy atom. The van der Waals surface area contributed by atoms with E-state index in [9.17, 15) is 43.5 Å². The summed E-state index contributed by atoms with van der Waals surface area (Å²) in [7, 11) is -9.78. The lowest BCUT2D eigenvalue weighted by Gasteiger charge is -2.21. The summed E-state index contributed by atoms with van der Waals surface area (Å²) in [6.45, 7) is 2.31. The summed E-state index contributed by atoms with van der Waals surface area (Å²) >= 11 is 0. The quantitative estimate of drug-likeness (QED) is 0.0146. The van der Waals surface area contributed by atoms with Crippen LogP contribution in [0.5, 0.6) is 0 Å². The van der Waals surface area contributed by atoms with Crippen molar-refractivity contribution in [2.24, 2.45) is 0 Å². The zero-order valence-electron chi connectivity index (χ0n) is 51.1. The van der Waals surface area contributed by atoms with E-state index in [-0.39, 0.29) is 19.3 Å². The number of phosphoric ester groups is 2. The van der Waals surface area contributed by atoms with E-state index in [4.69, 9.17) is 32.3 Å². The van der Waals surface area contributed by atoms with Gasteiger partial charge in [-0.25, -0.2) is 9.13 Å². The first kappa shape index (κ1) is 79.2. The highest BCUT2D eigenvalue weighted by Gasteiger charge is 2.29. The minimum atomic E-state index is -4.92. The van der Waals surface area contributed by atoms with Gasteiger partial charge >= 0.3 is 33.6 Å². The van der Waals surface area contributed by atoms with Gasteiger partial charge in [0.25, 0.3) is 0 Å². The van der Waals surface area contributed by atoms with Gasteiger partial charge in [-0.15, -0.1) is 0 Å². The van der Waals surface area contributed by atoms with Gasteiger partial charge < -0.3 is 34.2 Å². The minimum Gasteiger partial charge on any atom is -0.463 e. The number of esters is 3. The largest absolute Gasteiger partial charge is 0.472 e. The molecule has 83 heavy (non-hydrogen) atoms. The molecule has 16 nitrogen and oxygen atoms in total. The number of rotatable bonds is 58. The Morgan fingerprint density at radius 3 is 1.02 bits per heavy atom. The lowest BCUT2D eigenvalue weighted by Crippen LogP contribution is -2.30. The van der Waals surface area contributed by atoms with Crippen molar-refractivity contribution in [2.45, 2.75) is 245 Å². The Kier molecular flexibility index (Phi) is 55.9. The summed E-state index contributed by atoms with van der Waals surface area (Å²) in [4.78, 5) is 58.1. The van der Waals surface area contributed by atoms with Crippen molar-refractivity contribution < 1.29 is 75.8 Å². The molecular formula is C65H110O16P2. The maximum Gasteiger partial charge on any atom is 0.472 e.